The number of ether oxygens (including phenoxy) is 1. The summed E-state index contributed by atoms with van der Waals surface area (Å²) < 4.78 is 17.9. The van der Waals surface area contributed by atoms with Gasteiger partial charge in [0.25, 0.3) is 0 Å². The number of rotatable bonds is 2. The van der Waals surface area contributed by atoms with Crippen LogP contribution in [0.15, 0.2) is 23.2 Å². The van der Waals surface area contributed by atoms with E-state index in [2.05, 4.69) is 15.6 Å². The number of guanidine groups is 1. The summed E-state index contributed by atoms with van der Waals surface area (Å²) in [5, 5.41) is 6.10. The summed E-state index contributed by atoms with van der Waals surface area (Å²) in [6, 6.07) is 4.33. The van der Waals surface area contributed by atoms with Crippen LogP contribution in [0.3, 0.4) is 0 Å². The Labute approximate surface area is 87.2 Å². The van der Waals surface area contributed by atoms with Crippen molar-refractivity contribution in [1.82, 2.24) is 5.32 Å². The van der Waals surface area contributed by atoms with Crippen LogP contribution >= 0.6 is 0 Å². The van der Waals surface area contributed by atoms with Crippen molar-refractivity contribution in [2.24, 2.45) is 4.99 Å². The molecule has 5 heteroatoms. The number of aliphatic imine (C=N–C) groups is 1. The van der Waals surface area contributed by atoms with E-state index in [-0.39, 0.29) is 5.82 Å². The van der Waals surface area contributed by atoms with Crippen LogP contribution in [0.5, 0.6) is 5.75 Å². The number of halogens is 1. The fourth-order valence-electron chi connectivity index (χ4n) is 1.38. The second-order valence-electron chi connectivity index (χ2n) is 3.13. The molecule has 4 nitrogen and oxygen atoms in total. The number of nitrogens with one attached hydrogen (secondary N) is 2. The van der Waals surface area contributed by atoms with Gasteiger partial charge in [0.05, 0.1) is 19.3 Å². The van der Waals surface area contributed by atoms with Crippen LogP contribution in [0, 0.1) is 5.82 Å². The van der Waals surface area contributed by atoms with Gasteiger partial charge in [0, 0.05) is 12.6 Å². The zero-order valence-electron chi connectivity index (χ0n) is 8.38. The second-order valence-corrected chi connectivity index (χ2v) is 3.13. The van der Waals surface area contributed by atoms with Crippen LogP contribution < -0.4 is 15.4 Å². The quantitative estimate of drug-likeness (QED) is 0.769. The largest absolute Gasteiger partial charge is 0.494 e. The van der Waals surface area contributed by atoms with Gasteiger partial charge in [-0.3, -0.25) is 4.99 Å². The predicted molar refractivity (Wildman–Crippen MR) is 56.9 cm³/mol. The van der Waals surface area contributed by atoms with Gasteiger partial charge in [-0.25, -0.2) is 4.39 Å². The van der Waals surface area contributed by atoms with Gasteiger partial charge in [0.1, 0.15) is 11.6 Å². The first-order valence-electron chi connectivity index (χ1n) is 4.68. The lowest BCUT2D eigenvalue weighted by atomic mass is 10.3. The maximum Gasteiger partial charge on any atom is 0.196 e. The van der Waals surface area contributed by atoms with Gasteiger partial charge in [0.15, 0.2) is 5.96 Å². The Hall–Kier alpha value is -1.78. The fourth-order valence-corrected chi connectivity index (χ4v) is 1.38. The molecule has 0 aromatic heterocycles. The van der Waals surface area contributed by atoms with Crippen molar-refractivity contribution in [3.05, 3.63) is 24.0 Å². The zero-order chi connectivity index (χ0) is 10.7. The number of methoxy groups -OCH3 is 1. The highest BCUT2D eigenvalue weighted by molar-refractivity contribution is 5.95. The third-order valence-electron chi connectivity index (χ3n) is 2.09. The van der Waals surface area contributed by atoms with Crippen LogP contribution in [0.4, 0.5) is 10.1 Å². The Kier molecular flexibility index (Phi) is 2.71. The van der Waals surface area contributed by atoms with Gasteiger partial charge >= 0.3 is 0 Å². The Morgan fingerprint density at radius 3 is 3.07 bits per heavy atom. The first kappa shape index (κ1) is 9.76. The first-order valence-corrected chi connectivity index (χ1v) is 4.68. The molecule has 0 atom stereocenters. The van der Waals surface area contributed by atoms with Crippen LogP contribution in [0.2, 0.25) is 0 Å². The highest BCUT2D eigenvalue weighted by atomic mass is 19.1. The van der Waals surface area contributed by atoms with Gasteiger partial charge in [-0.05, 0) is 12.1 Å². The summed E-state index contributed by atoms with van der Waals surface area (Å²) in [6.07, 6.45) is 0. The van der Waals surface area contributed by atoms with E-state index < -0.39 is 0 Å². The summed E-state index contributed by atoms with van der Waals surface area (Å²) in [5.41, 5.74) is 0.701. The third-order valence-corrected chi connectivity index (χ3v) is 2.09. The highest BCUT2D eigenvalue weighted by Crippen LogP contribution is 2.24. The molecule has 2 rings (SSSR count). The van der Waals surface area contributed by atoms with Crippen molar-refractivity contribution >= 4 is 11.6 Å². The molecular formula is C10H12FN3O. The molecule has 0 aliphatic carbocycles. The number of benzene rings is 1. The minimum Gasteiger partial charge on any atom is -0.494 e. The number of nitrogens with zero attached hydrogens (tertiary/aromatic N) is 1. The molecule has 2 N–H and O–H groups in total. The van der Waals surface area contributed by atoms with Crippen molar-refractivity contribution in [3.63, 3.8) is 0 Å². The van der Waals surface area contributed by atoms with Crippen molar-refractivity contribution in [1.29, 1.82) is 0 Å². The summed E-state index contributed by atoms with van der Waals surface area (Å²) in [4.78, 5) is 4.17. The third kappa shape index (κ3) is 2.18. The molecule has 1 aromatic carbocycles. The standard InChI is InChI=1S/C10H12FN3O/c1-15-9-6-7(11)2-3-8(9)14-10-12-4-5-13-10/h2-3,6H,4-5H2,1H3,(H2,12,13,14). The molecule has 0 saturated heterocycles. The molecule has 0 spiro atoms. The molecule has 0 unspecified atom stereocenters. The van der Waals surface area contributed by atoms with Crippen LogP contribution in [0.1, 0.15) is 0 Å². The van der Waals surface area contributed by atoms with Gasteiger partial charge in [-0.15, -0.1) is 0 Å². The van der Waals surface area contributed by atoms with Crippen LogP contribution in [-0.4, -0.2) is 26.2 Å². The minimum absolute atomic E-state index is 0.321. The van der Waals surface area contributed by atoms with Crippen molar-refractivity contribution in [2.45, 2.75) is 0 Å². The molecule has 1 aliphatic heterocycles. The average Bonchev–Trinajstić information content (AvgIpc) is 2.73. The summed E-state index contributed by atoms with van der Waals surface area (Å²) >= 11 is 0. The number of anilines is 1. The summed E-state index contributed by atoms with van der Waals surface area (Å²) in [7, 11) is 1.50. The van der Waals surface area contributed by atoms with E-state index in [1.165, 1.54) is 19.2 Å². The molecule has 1 aromatic rings. The Morgan fingerprint density at radius 2 is 2.40 bits per heavy atom. The lowest BCUT2D eigenvalue weighted by Crippen LogP contribution is -2.26. The van der Waals surface area contributed by atoms with E-state index in [1.807, 2.05) is 0 Å². The van der Waals surface area contributed by atoms with Gasteiger partial charge < -0.3 is 15.4 Å². The lowest BCUT2D eigenvalue weighted by Gasteiger charge is -2.10. The Bertz CT molecular complexity index is 392. The lowest BCUT2D eigenvalue weighted by molar-refractivity contribution is 0.413. The predicted octanol–water partition coefficient (Wildman–Crippen LogP) is 1.21. The van der Waals surface area contributed by atoms with Crippen LogP contribution in [-0.2, 0) is 0 Å². The average molecular weight is 209 g/mol. The van der Waals surface area contributed by atoms with Crippen molar-refractivity contribution in [3.8, 4) is 5.75 Å². The Balaban J connectivity index is 2.19. The number of hydrogen-bond acceptors (Lipinski definition) is 4. The van der Waals surface area contributed by atoms with E-state index >= 15 is 0 Å². The van der Waals surface area contributed by atoms with E-state index in [0.717, 1.165) is 13.1 Å². The normalized spacial score (nSPS) is 14.4. The molecule has 15 heavy (non-hydrogen) atoms. The van der Waals surface area contributed by atoms with E-state index in [9.17, 15) is 4.39 Å². The van der Waals surface area contributed by atoms with E-state index in [0.29, 0.717) is 17.4 Å². The summed E-state index contributed by atoms with van der Waals surface area (Å²) in [6.45, 7) is 1.58. The fraction of sp³-hybridized carbons (Fsp3) is 0.300. The maximum absolute atomic E-state index is 12.9. The molecular weight excluding hydrogens is 197 g/mol. The molecule has 1 aliphatic rings. The minimum atomic E-state index is -0.321. The monoisotopic (exact) mass is 209 g/mol. The smallest absolute Gasteiger partial charge is 0.196 e. The van der Waals surface area contributed by atoms with E-state index in [4.69, 9.17) is 4.74 Å². The van der Waals surface area contributed by atoms with Gasteiger partial charge in [0.2, 0.25) is 0 Å². The van der Waals surface area contributed by atoms with E-state index in [1.54, 1.807) is 6.07 Å². The molecule has 0 fully saturated rings. The van der Waals surface area contributed by atoms with Crippen LogP contribution in [0.25, 0.3) is 0 Å². The topological polar surface area (TPSA) is 45.6 Å². The van der Waals surface area contributed by atoms with Crippen molar-refractivity contribution < 1.29 is 9.13 Å². The highest BCUT2D eigenvalue weighted by Gasteiger charge is 2.09. The molecule has 1 heterocycles. The molecule has 0 amide bonds. The molecule has 0 radical (unpaired) electrons. The maximum atomic E-state index is 12.9. The SMILES string of the molecule is COc1cc(F)ccc1NC1=NCCN1. The van der Waals surface area contributed by atoms with Gasteiger partial charge in [-0.1, -0.05) is 0 Å². The Morgan fingerprint density at radius 1 is 1.53 bits per heavy atom. The second kappa shape index (κ2) is 4.16. The number of hydrogen-bond donors (Lipinski definition) is 2. The molecule has 0 bridgehead atoms. The summed E-state index contributed by atoms with van der Waals surface area (Å²) in [5.74, 6) is 0.838. The molecule has 0 saturated carbocycles. The van der Waals surface area contributed by atoms with Crippen molar-refractivity contribution in [2.75, 3.05) is 25.5 Å². The first-order chi connectivity index (χ1) is 7.29. The zero-order valence-corrected chi connectivity index (χ0v) is 8.38. The molecule has 80 valence electrons. The van der Waals surface area contributed by atoms with Gasteiger partial charge in [-0.2, -0.15) is 0 Å².